The van der Waals surface area contributed by atoms with Crippen molar-refractivity contribution in [1.82, 2.24) is 15.1 Å². The van der Waals surface area contributed by atoms with Crippen molar-refractivity contribution in [3.8, 4) is 0 Å². The quantitative estimate of drug-likeness (QED) is 0.619. The maximum atomic E-state index is 13.4. The average Bonchev–Trinajstić information content (AvgIpc) is 3.24. The first-order chi connectivity index (χ1) is 14.7. The van der Waals surface area contributed by atoms with Gasteiger partial charge in [0, 0.05) is 37.7 Å². The lowest BCUT2D eigenvalue weighted by molar-refractivity contribution is -0.134. The number of thiophene rings is 1. The van der Waals surface area contributed by atoms with Crippen molar-refractivity contribution in [3.05, 3.63) is 57.8 Å². The standard InChI is InChI=1S/C23H31N3O3S/c1-3-24-23(28)25(13-8-15-29-4-2)17-21(27)26-14-11-20-19(12-16-30-20)22(26)18-9-6-5-7-10-18/h5-7,9-10,12,16,22H,3-4,8,11,13-15,17H2,1-2H3,(H,24,28)/t22-/m1/s1. The highest BCUT2D eigenvalue weighted by Gasteiger charge is 2.33. The van der Waals surface area contributed by atoms with Crippen molar-refractivity contribution in [2.75, 3.05) is 39.4 Å². The summed E-state index contributed by atoms with van der Waals surface area (Å²) in [5.74, 6) is -0.0247. The molecular formula is C23H31N3O3S. The van der Waals surface area contributed by atoms with Gasteiger partial charge in [0.2, 0.25) is 5.91 Å². The van der Waals surface area contributed by atoms with Gasteiger partial charge < -0.3 is 19.9 Å². The van der Waals surface area contributed by atoms with Crippen LogP contribution in [0.4, 0.5) is 4.79 Å². The Balaban J connectivity index is 1.77. The van der Waals surface area contributed by atoms with Gasteiger partial charge in [0.15, 0.2) is 0 Å². The summed E-state index contributed by atoms with van der Waals surface area (Å²) in [6, 6.07) is 12.0. The summed E-state index contributed by atoms with van der Waals surface area (Å²) in [7, 11) is 0. The molecule has 1 aromatic carbocycles. The molecule has 162 valence electrons. The summed E-state index contributed by atoms with van der Waals surface area (Å²) < 4.78 is 5.40. The van der Waals surface area contributed by atoms with Crippen LogP contribution in [-0.4, -0.2) is 61.1 Å². The Morgan fingerprint density at radius 1 is 1.23 bits per heavy atom. The van der Waals surface area contributed by atoms with E-state index in [9.17, 15) is 9.59 Å². The molecule has 0 spiro atoms. The average molecular weight is 430 g/mol. The van der Waals surface area contributed by atoms with Crippen LogP contribution in [0.2, 0.25) is 0 Å². The fraction of sp³-hybridized carbons (Fsp3) is 0.478. The molecule has 0 bridgehead atoms. The van der Waals surface area contributed by atoms with E-state index in [4.69, 9.17) is 4.74 Å². The molecule has 3 rings (SSSR count). The van der Waals surface area contributed by atoms with Crippen LogP contribution in [0.15, 0.2) is 41.8 Å². The van der Waals surface area contributed by atoms with Crippen LogP contribution in [0.1, 0.15) is 42.3 Å². The van der Waals surface area contributed by atoms with E-state index < -0.39 is 0 Å². The van der Waals surface area contributed by atoms with Gasteiger partial charge in [0.05, 0.1) is 6.04 Å². The largest absolute Gasteiger partial charge is 0.382 e. The van der Waals surface area contributed by atoms with Crippen molar-refractivity contribution in [2.45, 2.75) is 32.7 Å². The van der Waals surface area contributed by atoms with Crippen LogP contribution in [-0.2, 0) is 16.0 Å². The molecule has 0 unspecified atom stereocenters. The first kappa shape index (κ1) is 22.3. The monoisotopic (exact) mass is 429 g/mol. The van der Waals surface area contributed by atoms with E-state index in [1.807, 2.05) is 36.9 Å². The lowest BCUT2D eigenvalue weighted by Crippen LogP contribution is -2.49. The van der Waals surface area contributed by atoms with E-state index in [1.54, 1.807) is 16.2 Å². The van der Waals surface area contributed by atoms with Crippen molar-refractivity contribution < 1.29 is 14.3 Å². The minimum atomic E-state index is -0.202. The molecule has 1 atom stereocenters. The van der Waals surface area contributed by atoms with E-state index in [-0.39, 0.29) is 24.5 Å². The number of hydrogen-bond donors (Lipinski definition) is 1. The molecule has 2 heterocycles. The summed E-state index contributed by atoms with van der Waals surface area (Å²) in [5, 5.41) is 4.93. The van der Waals surface area contributed by atoms with Gasteiger partial charge in [-0.15, -0.1) is 11.3 Å². The van der Waals surface area contributed by atoms with Gasteiger partial charge >= 0.3 is 6.03 Å². The van der Waals surface area contributed by atoms with Gasteiger partial charge in [-0.1, -0.05) is 30.3 Å². The Labute approximate surface area is 182 Å². The van der Waals surface area contributed by atoms with E-state index in [0.29, 0.717) is 39.3 Å². The topological polar surface area (TPSA) is 61.9 Å². The summed E-state index contributed by atoms with van der Waals surface area (Å²) in [5.41, 5.74) is 2.30. The predicted octanol–water partition coefficient (Wildman–Crippen LogP) is 3.68. The van der Waals surface area contributed by atoms with E-state index in [1.165, 1.54) is 10.4 Å². The molecule has 0 fully saturated rings. The molecule has 2 aromatic rings. The summed E-state index contributed by atoms with van der Waals surface area (Å²) in [6.07, 6.45) is 1.56. The number of ether oxygens (including phenoxy) is 1. The van der Waals surface area contributed by atoms with Crippen molar-refractivity contribution in [2.24, 2.45) is 0 Å². The highest BCUT2D eigenvalue weighted by Crippen LogP contribution is 2.37. The first-order valence-corrected chi connectivity index (χ1v) is 11.5. The van der Waals surface area contributed by atoms with Crippen LogP contribution in [0.3, 0.4) is 0 Å². The van der Waals surface area contributed by atoms with E-state index in [0.717, 1.165) is 12.0 Å². The number of urea groups is 1. The Hall–Kier alpha value is -2.38. The summed E-state index contributed by atoms with van der Waals surface area (Å²) in [4.78, 5) is 30.8. The number of benzene rings is 1. The number of carbonyl (C=O) groups is 2. The molecule has 1 N–H and O–H groups in total. The molecule has 0 aliphatic carbocycles. The lowest BCUT2D eigenvalue weighted by atomic mass is 9.93. The molecule has 3 amide bonds. The minimum Gasteiger partial charge on any atom is -0.382 e. The fourth-order valence-electron chi connectivity index (χ4n) is 3.85. The lowest BCUT2D eigenvalue weighted by Gasteiger charge is -2.37. The smallest absolute Gasteiger partial charge is 0.317 e. The fourth-order valence-corrected chi connectivity index (χ4v) is 4.76. The minimum absolute atomic E-state index is 0.0247. The predicted molar refractivity (Wildman–Crippen MR) is 120 cm³/mol. The second kappa shape index (κ2) is 11.1. The second-order valence-corrected chi connectivity index (χ2v) is 8.26. The molecule has 0 saturated heterocycles. The van der Waals surface area contributed by atoms with Crippen LogP contribution in [0, 0.1) is 0 Å². The zero-order chi connectivity index (χ0) is 21.3. The molecule has 1 aliphatic heterocycles. The highest BCUT2D eigenvalue weighted by atomic mass is 32.1. The molecule has 6 nitrogen and oxygen atoms in total. The molecule has 1 aromatic heterocycles. The third-order valence-electron chi connectivity index (χ3n) is 5.26. The second-order valence-electron chi connectivity index (χ2n) is 7.26. The van der Waals surface area contributed by atoms with E-state index in [2.05, 4.69) is 28.9 Å². The van der Waals surface area contributed by atoms with Crippen LogP contribution < -0.4 is 5.32 Å². The van der Waals surface area contributed by atoms with E-state index >= 15 is 0 Å². The summed E-state index contributed by atoms with van der Waals surface area (Å²) in [6.45, 7) is 6.81. The number of fused-ring (bicyclic) bond motifs is 1. The normalized spacial score (nSPS) is 15.5. The SMILES string of the molecule is CCNC(=O)N(CCCOCC)CC(=O)N1CCc2sccc2[C@H]1c1ccccc1. The molecule has 1 aliphatic rings. The number of amides is 3. The molecule has 7 heteroatoms. The van der Waals surface area contributed by atoms with Gasteiger partial charge in [-0.2, -0.15) is 0 Å². The Bertz CT molecular complexity index is 824. The van der Waals surface area contributed by atoms with Gasteiger partial charge in [-0.3, -0.25) is 4.79 Å². The highest BCUT2D eigenvalue weighted by molar-refractivity contribution is 7.10. The zero-order valence-corrected chi connectivity index (χ0v) is 18.6. The van der Waals surface area contributed by atoms with Crippen molar-refractivity contribution in [3.63, 3.8) is 0 Å². The van der Waals surface area contributed by atoms with Gasteiger partial charge in [0.25, 0.3) is 0 Å². The maximum Gasteiger partial charge on any atom is 0.317 e. The van der Waals surface area contributed by atoms with Gasteiger partial charge in [0.1, 0.15) is 6.54 Å². The Kier molecular flexibility index (Phi) is 8.28. The van der Waals surface area contributed by atoms with Gasteiger partial charge in [-0.25, -0.2) is 4.79 Å². The van der Waals surface area contributed by atoms with Gasteiger partial charge in [-0.05, 0) is 49.3 Å². The third kappa shape index (κ3) is 5.40. The molecule has 0 saturated carbocycles. The first-order valence-electron chi connectivity index (χ1n) is 10.7. The van der Waals surface area contributed by atoms with Crippen molar-refractivity contribution in [1.29, 1.82) is 0 Å². The molecule has 0 radical (unpaired) electrons. The number of rotatable bonds is 9. The molecule has 30 heavy (non-hydrogen) atoms. The van der Waals surface area contributed by atoms with Crippen LogP contribution >= 0.6 is 11.3 Å². The van der Waals surface area contributed by atoms with Crippen LogP contribution in [0.5, 0.6) is 0 Å². The number of nitrogens with one attached hydrogen (secondary N) is 1. The summed E-state index contributed by atoms with van der Waals surface area (Å²) >= 11 is 1.75. The maximum absolute atomic E-state index is 13.4. The third-order valence-corrected chi connectivity index (χ3v) is 6.26. The number of hydrogen-bond acceptors (Lipinski definition) is 4. The Morgan fingerprint density at radius 3 is 2.77 bits per heavy atom. The molecular weight excluding hydrogens is 398 g/mol. The number of nitrogens with zero attached hydrogens (tertiary/aromatic N) is 2. The van der Waals surface area contributed by atoms with Crippen LogP contribution in [0.25, 0.3) is 0 Å². The Morgan fingerprint density at radius 2 is 2.03 bits per heavy atom. The number of carbonyl (C=O) groups excluding carboxylic acids is 2. The zero-order valence-electron chi connectivity index (χ0n) is 17.8. The van der Waals surface area contributed by atoms with Crippen molar-refractivity contribution >= 4 is 23.3 Å².